The minimum absolute atomic E-state index is 0.0172. The Hall–Kier alpha value is -3.49. The fourth-order valence-corrected chi connectivity index (χ4v) is 3.70. The molecule has 9 heteroatoms. The van der Waals surface area contributed by atoms with Crippen LogP contribution in [0.1, 0.15) is 30.4 Å². The standard InChI is InChI=1S/C22H17F4N5/c1-12-28-21-16(23)9-14(10-17(21)31(12)15-5-6-15)13-7-8-27-20(11-13)30-19-4-2-3-18(29-19)22(24,25)26/h2-4,7-11,15H,5-6H2,1H3,(H,27,29,30). The van der Waals surface area contributed by atoms with Gasteiger partial charge in [0.25, 0.3) is 0 Å². The minimum atomic E-state index is -4.54. The van der Waals surface area contributed by atoms with Crippen LogP contribution in [0.5, 0.6) is 0 Å². The second-order valence-electron chi connectivity index (χ2n) is 7.55. The van der Waals surface area contributed by atoms with Gasteiger partial charge in [0, 0.05) is 12.2 Å². The molecule has 0 atom stereocenters. The van der Waals surface area contributed by atoms with Gasteiger partial charge in [-0.05, 0) is 67.3 Å². The van der Waals surface area contributed by atoms with Gasteiger partial charge in [-0.25, -0.2) is 19.3 Å². The highest BCUT2D eigenvalue weighted by atomic mass is 19.4. The first-order valence-electron chi connectivity index (χ1n) is 9.75. The first-order chi connectivity index (χ1) is 14.8. The summed E-state index contributed by atoms with van der Waals surface area (Å²) in [4.78, 5) is 12.1. The molecule has 0 unspecified atom stereocenters. The second-order valence-corrected chi connectivity index (χ2v) is 7.55. The molecule has 1 fully saturated rings. The van der Waals surface area contributed by atoms with Gasteiger partial charge < -0.3 is 9.88 Å². The molecular weight excluding hydrogens is 410 g/mol. The van der Waals surface area contributed by atoms with Gasteiger partial charge in [0.05, 0.1) is 5.52 Å². The van der Waals surface area contributed by atoms with E-state index >= 15 is 0 Å². The number of benzene rings is 1. The normalized spacial score (nSPS) is 14.2. The molecule has 158 valence electrons. The van der Waals surface area contributed by atoms with E-state index in [0.717, 1.165) is 30.2 Å². The predicted octanol–water partition coefficient (Wildman–Crippen LogP) is 6.04. The average Bonchev–Trinajstić information content (AvgIpc) is 3.50. The summed E-state index contributed by atoms with van der Waals surface area (Å²) in [7, 11) is 0. The zero-order chi connectivity index (χ0) is 21.8. The summed E-state index contributed by atoms with van der Waals surface area (Å²) < 4.78 is 55.6. The van der Waals surface area contributed by atoms with Gasteiger partial charge in [0.15, 0.2) is 5.82 Å². The topological polar surface area (TPSA) is 55.6 Å². The van der Waals surface area contributed by atoms with Crippen LogP contribution in [-0.4, -0.2) is 19.5 Å². The summed E-state index contributed by atoms with van der Waals surface area (Å²) in [6, 6.07) is 10.6. The lowest BCUT2D eigenvalue weighted by Crippen LogP contribution is -2.09. The monoisotopic (exact) mass is 427 g/mol. The van der Waals surface area contributed by atoms with Crippen LogP contribution < -0.4 is 5.32 Å². The number of hydrogen-bond acceptors (Lipinski definition) is 4. The maximum absolute atomic E-state index is 14.8. The van der Waals surface area contributed by atoms with Crippen LogP contribution in [0.2, 0.25) is 0 Å². The molecule has 31 heavy (non-hydrogen) atoms. The third-order valence-corrected chi connectivity index (χ3v) is 5.23. The van der Waals surface area contributed by atoms with Crippen LogP contribution in [0.25, 0.3) is 22.2 Å². The van der Waals surface area contributed by atoms with Crippen LogP contribution in [0, 0.1) is 12.7 Å². The zero-order valence-electron chi connectivity index (χ0n) is 16.4. The van der Waals surface area contributed by atoms with E-state index in [4.69, 9.17) is 0 Å². The predicted molar refractivity (Wildman–Crippen MR) is 108 cm³/mol. The minimum Gasteiger partial charge on any atom is -0.325 e. The zero-order valence-corrected chi connectivity index (χ0v) is 16.4. The highest BCUT2D eigenvalue weighted by Gasteiger charge is 2.32. The molecule has 0 aliphatic heterocycles. The van der Waals surface area contributed by atoms with Gasteiger partial charge in [-0.1, -0.05) is 6.07 Å². The lowest BCUT2D eigenvalue weighted by atomic mass is 10.1. The van der Waals surface area contributed by atoms with Crippen molar-refractivity contribution in [2.24, 2.45) is 0 Å². The lowest BCUT2D eigenvalue weighted by molar-refractivity contribution is -0.141. The maximum Gasteiger partial charge on any atom is 0.433 e. The molecule has 3 aromatic heterocycles. The molecule has 0 amide bonds. The van der Waals surface area contributed by atoms with Crippen molar-refractivity contribution in [2.75, 3.05) is 5.32 Å². The van der Waals surface area contributed by atoms with E-state index < -0.39 is 17.7 Å². The Morgan fingerprint density at radius 2 is 1.81 bits per heavy atom. The molecule has 0 saturated heterocycles. The van der Waals surface area contributed by atoms with Gasteiger partial charge in [-0.3, -0.25) is 0 Å². The second kappa shape index (κ2) is 7.04. The molecule has 1 saturated carbocycles. The van der Waals surface area contributed by atoms with Crippen LogP contribution in [0.3, 0.4) is 0 Å². The summed E-state index contributed by atoms with van der Waals surface area (Å²) in [6.07, 6.45) is -0.934. The Morgan fingerprint density at radius 1 is 1.00 bits per heavy atom. The molecule has 1 aliphatic carbocycles. The molecule has 1 aliphatic rings. The first kappa shape index (κ1) is 19.5. The molecule has 0 radical (unpaired) electrons. The SMILES string of the molecule is Cc1nc2c(F)cc(-c3ccnc(Nc4cccc(C(F)(F)F)n4)c3)cc2n1C1CC1. The number of aromatic nitrogens is 4. The quantitative estimate of drug-likeness (QED) is 0.404. The summed E-state index contributed by atoms with van der Waals surface area (Å²) in [5.74, 6) is 0.683. The fraction of sp³-hybridized carbons (Fsp3) is 0.227. The van der Waals surface area contributed by atoms with E-state index in [1.54, 1.807) is 12.1 Å². The molecule has 0 bridgehead atoms. The number of pyridine rings is 2. The Morgan fingerprint density at radius 3 is 2.55 bits per heavy atom. The number of imidazole rings is 1. The van der Waals surface area contributed by atoms with Gasteiger partial charge in [0.1, 0.15) is 28.7 Å². The van der Waals surface area contributed by atoms with E-state index in [-0.39, 0.29) is 5.82 Å². The highest BCUT2D eigenvalue weighted by molar-refractivity contribution is 5.84. The first-order valence-corrected chi connectivity index (χ1v) is 9.75. The largest absolute Gasteiger partial charge is 0.433 e. The fourth-order valence-electron chi connectivity index (χ4n) is 3.70. The van der Waals surface area contributed by atoms with Crippen molar-refractivity contribution in [1.82, 2.24) is 19.5 Å². The number of hydrogen-bond donors (Lipinski definition) is 1. The van der Waals surface area contributed by atoms with E-state index in [1.807, 2.05) is 13.0 Å². The van der Waals surface area contributed by atoms with Crippen molar-refractivity contribution < 1.29 is 17.6 Å². The molecular formula is C22H17F4N5. The Balaban J connectivity index is 1.51. The highest BCUT2D eigenvalue weighted by Crippen LogP contribution is 2.40. The Bertz CT molecular complexity index is 1290. The van der Waals surface area contributed by atoms with Crippen molar-refractivity contribution in [1.29, 1.82) is 0 Å². The van der Waals surface area contributed by atoms with Crippen LogP contribution >= 0.6 is 0 Å². The summed E-state index contributed by atoms with van der Waals surface area (Å²) >= 11 is 0. The molecule has 1 aromatic carbocycles. The molecule has 5 rings (SSSR count). The number of halogens is 4. The Labute approximate surface area is 174 Å². The number of aryl methyl sites for hydroxylation is 1. The average molecular weight is 427 g/mol. The number of alkyl halides is 3. The third kappa shape index (κ3) is 3.71. The van der Waals surface area contributed by atoms with Crippen LogP contribution in [0.15, 0.2) is 48.7 Å². The van der Waals surface area contributed by atoms with Gasteiger partial charge in [-0.15, -0.1) is 0 Å². The van der Waals surface area contributed by atoms with Crippen molar-refractivity contribution in [3.05, 3.63) is 66.0 Å². The van der Waals surface area contributed by atoms with E-state index in [0.29, 0.717) is 28.5 Å². The summed E-state index contributed by atoms with van der Waals surface area (Å²) in [6.45, 7) is 1.87. The molecule has 4 aromatic rings. The smallest absolute Gasteiger partial charge is 0.325 e. The van der Waals surface area contributed by atoms with Gasteiger partial charge in [0.2, 0.25) is 0 Å². The molecule has 1 N–H and O–H groups in total. The number of nitrogens with one attached hydrogen (secondary N) is 1. The van der Waals surface area contributed by atoms with Crippen molar-refractivity contribution in [3.8, 4) is 11.1 Å². The number of fused-ring (bicyclic) bond motifs is 1. The van der Waals surface area contributed by atoms with Crippen molar-refractivity contribution in [3.63, 3.8) is 0 Å². The maximum atomic E-state index is 14.8. The molecule has 0 spiro atoms. The van der Waals surface area contributed by atoms with Crippen LogP contribution in [-0.2, 0) is 6.18 Å². The summed E-state index contributed by atoms with van der Waals surface area (Å²) in [5, 5.41) is 2.79. The number of rotatable bonds is 4. The third-order valence-electron chi connectivity index (χ3n) is 5.23. The van der Waals surface area contributed by atoms with Gasteiger partial charge in [-0.2, -0.15) is 13.2 Å². The van der Waals surface area contributed by atoms with E-state index in [2.05, 4.69) is 24.8 Å². The molecule has 3 heterocycles. The number of anilines is 2. The Kier molecular flexibility index (Phi) is 4.42. The van der Waals surface area contributed by atoms with Crippen LogP contribution in [0.4, 0.5) is 29.2 Å². The lowest BCUT2D eigenvalue weighted by Gasteiger charge is -2.11. The van der Waals surface area contributed by atoms with Crippen molar-refractivity contribution in [2.45, 2.75) is 32.0 Å². The van der Waals surface area contributed by atoms with E-state index in [9.17, 15) is 17.6 Å². The van der Waals surface area contributed by atoms with Gasteiger partial charge >= 0.3 is 6.18 Å². The van der Waals surface area contributed by atoms with E-state index in [1.165, 1.54) is 24.4 Å². The summed E-state index contributed by atoms with van der Waals surface area (Å²) in [5.41, 5.74) is 1.39. The number of nitrogens with zero attached hydrogens (tertiary/aromatic N) is 4. The molecule has 5 nitrogen and oxygen atoms in total. The van der Waals surface area contributed by atoms with Crippen molar-refractivity contribution >= 4 is 22.7 Å².